The van der Waals surface area contributed by atoms with Crippen molar-refractivity contribution in [2.24, 2.45) is 5.14 Å². The number of primary sulfonamides is 1. The standard InChI is InChI=1S/C12H20N4O3S/c1-3-16(4-2)11(17)8-15-9-6-5-7-10(12(9)13)20(14,18)19/h5-7,15H,3-4,8,13H2,1-2H3,(H2,14,18,19). The zero-order chi connectivity index (χ0) is 15.3. The Kier molecular flexibility index (Phi) is 5.34. The molecule has 1 aromatic carbocycles. The Morgan fingerprint density at radius 3 is 2.40 bits per heavy atom. The molecular formula is C12H20N4O3S. The van der Waals surface area contributed by atoms with E-state index in [-0.39, 0.29) is 23.0 Å². The lowest BCUT2D eigenvalue weighted by molar-refractivity contribution is -0.128. The second kappa shape index (κ2) is 6.58. The number of carbonyl (C=O) groups is 1. The summed E-state index contributed by atoms with van der Waals surface area (Å²) in [5.41, 5.74) is 6.14. The van der Waals surface area contributed by atoms with Gasteiger partial charge in [-0.15, -0.1) is 0 Å². The van der Waals surface area contributed by atoms with E-state index in [0.717, 1.165) is 0 Å². The van der Waals surface area contributed by atoms with Gasteiger partial charge in [-0.2, -0.15) is 0 Å². The second-order valence-electron chi connectivity index (χ2n) is 4.18. The molecule has 0 saturated heterocycles. The van der Waals surface area contributed by atoms with E-state index in [9.17, 15) is 13.2 Å². The number of hydrogen-bond donors (Lipinski definition) is 3. The van der Waals surface area contributed by atoms with Crippen molar-refractivity contribution in [3.05, 3.63) is 18.2 Å². The molecule has 0 radical (unpaired) electrons. The number of likely N-dealkylation sites (N-methyl/N-ethyl adjacent to an activating group) is 1. The maximum absolute atomic E-state index is 11.9. The maximum atomic E-state index is 11.9. The van der Waals surface area contributed by atoms with Gasteiger partial charge >= 0.3 is 0 Å². The number of benzene rings is 1. The van der Waals surface area contributed by atoms with Crippen molar-refractivity contribution >= 4 is 27.3 Å². The average Bonchev–Trinajstić information content (AvgIpc) is 2.37. The molecule has 0 bridgehead atoms. The minimum absolute atomic E-state index is 0.0161. The number of rotatable bonds is 6. The number of sulfonamides is 1. The van der Waals surface area contributed by atoms with Gasteiger partial charge in [-0.25, -0.2) is 13.6 Å². The van der Waals surface area contributed by atoms with Gasteiger partial charge in [-0.1, -0.05) is 6.07 Å². The highest BCUT2D eigenvalue weighted by Gasteiger charge is 2.15. The third kappa shape index (κ3) is 3.84. The molecule has 112 valence electrons. The van der Waals surface area contributed by atoms with E-state index in [0.29, 0.717) is 18.8 Å². The summed E-state index contributed by atoms with van der Waals surface area (Å²) in [4.78, 5) is 13.4. The van der Waals surface area contributed by atoms with Crippen LogP contribution in [0.1, 0.15) is 13.8 Å². The minimum atomic E-state index is -3.88. The zero-order valence-corrected chi connectivity index (χ0v) is 12.4. The fourth-order valence-electron chi connectivity index (χ4n) is 1.81. The molecule has 1 rings (SSSR count). The Balaban J connectivity index is 2.87. The zero-order valence-electron chi connectivity index (χ0n) is 11.6. The number of nitrogen functional groups attached to an aromatic ring is 1. The van der Waals surface area contributed by atoms with Crippen LogP contribution in [0.4, 0.5) is 11.4 Å². The molecule has 7 nitrogen and oxygen atoms in total. The summed E-state index contributed by atoms with van der Waals surface area (Å²) in [6, 6.07) is 4.43. The molecule has 0 aliphatic carbocycles. The van der Waals surface area contributed by atoms with Gasteiger partial charge in [-0.3, -0.25) is 4.79 Å². The summed E-state index contributed by atoms with van der Waals surface area (Å²) in [6.45, 7) is 5.04. The average molecular weight is 300 g/mol. The van der Waals surface area contributed by atoms with Gasteiger partial charge in [0.2, 0.25) is 15.9 Å². The van der Waals surface area contributed by atoms with Gasteiger partial charge in [0.1, 0.15) is 4.90 Å². The molecule has 0 aliphatic heterocycles. The van der Waals surface area contributed by atoms with Crippen LogP contribution in [0.2, 0.25) is 0 Å². The molecule has 20 heavy (non-hydrogen) atoms. The van der Waals surface area contributed by atoms with Crippen molar-refractivity contribution in [2.75, 3.05) is 30.7 Å². The summed E-state index contributed by atoms with van der Waals surface area (Å²) in [5.74, 6) is -0.0876. The highest BCUT2D eigenvalue weighted by atomic mass is 32.2. The molecular weight excluding hydrogens is 280 g/mol. The van der Waals surface area contributed by atoms with E-state index in [4.69, 9.17) is 10.9 Å². The summed E-state index contributed by atoms with van der Waals surface area (Å²) >= 11 is 0. The van der Waals surface area contributed by atoms with Crippen LogP contribution >= 0.6 is 0 Å². The van der Waals surface area contributed by atoms with Crippen molar-refractivity contribution < 1.29 is 13.2 Å². The predicted octanol–water partition coefficient (Wildman–Crippen LogP) is 0.197. The van der Waals surface area contributed by atoms with Crippen molar-refractivity contribution in [2.45, 2.75) is 18.7 Å². The third-order valence-corrected chi connectivity index (χ3v) is 3.89. The van der Waals surface area contributed by atoms with E-state index in [2.05, 4.69) is 5.32 Å². The molecule has 0 aromatic heterocycles. The van der Waals surface area contributed by atoms with E-state index < -0.39 is 10.0 Å². The molecule has 1 amide bonds. The Labute approximate surface area is 119 Å². The first-order chi connectivity index (χ1) is 9.31. The molecule has 5 N–H and O–H groups in total. The van der Waals surface area contributed by atoms with Gasteiger partial charge in [-0.05, 0) is 26.0 Å². The van der Waals surface area contributed by atoms with Crippen LogP contribution in [0.25, 0.3) is 0 Å². The second-order valence-corrected chi connectivity index (χ2v) is 5.71. The normalized spacial score (nSPS) is 11.2. The summed E-state index contributed by atoms with van der Waals surface area (Å²) in [6.07, 6.45) is 0. The fourth-order valence-corrected chi connectivity index (χ4v) is 2.49. The molecule has 0 aliphatic rings. The van der Waals surface area contributed by atoms with Crippen LogP contribution < -0.4 is 16.2 Å². The lowest BCUT2D eigenvalue weighted by Gasteiger charge is -2.19. The number of anilines is 2. The van der Waals surface area contributed by atoms with Crippen molar-refractivity contribution in [3.63, 3.8) is 0 Å². The number of para-hydroxylation sites is 1. The van der Waals surface area contributed by atoms with E-state index in [1.165, 1.54) is 12.1 Å². The Hall–Kier alpha value is -1.80. The van der Waals surface area contributed by atoms with Crippen molar-refractivity contribution in [1.29, 1.82) is 0 Å². The summed E-state index contributed by atoms with van der Waals surface area (Å²) in [5, 5.41) is 7.90. The molecule has 8 heteroatoms. The van der Waals surface area contributed by atoms with E-state index in [1.807, 2.05) is 13.8 Å². The lowest BCUT2D eigenvalue weighted by atomic mass is 10.2. The fraction of sp³-hybridized carbons (Fsp3) is 0.417. The molecule has 0 spiro atoms. The van der Waals surface area contributed by atoms with E-state index in [1.54, 1.807) is 11.0 Å². The quantitative estimate of drug-likeness (QED) is 0.648. The highest BCUT2D eigenvalue weighted by molar-refractivity contribution is 7.89. The van der Waals surface area contributed by atoms with Crippen LogP contribution in [-0.4, -0.2) is 38.9 Å². The first-order valence-electron chi connectivity index (χ1n) is 6.24. The minimum Gasteiger partial charge on any atom is -0.396 e. The van der Waals surface area contributed by atoms with Crippen LogP contribution in [0.15, 0.2) is 23.1 Å². The maximum Gasteiger partial charge on any atom is 0.241 e. The van der Waals surface area contributed by atoms with Gasteiger partial charge in [0, 0.05) is 13.1 Å². The first kappa shape index (κ1) is 16.3. The lowest BCUT2D eigenvalue weighted by Crippen LogP contribution is -2.35. The molecule has 1 aromatic rings. The van der Waals surface area contributed by atoms with Gasteiger partial charge in [0.25, 0.3) is 0 Å². The number of hydrogen-bond acceptors (Lipinski definition) is 5. The topological polar surface area (TPSA) is 119 Å². The van der Waals surface area contributed by atoms with Crippen LogP contribution in [0.3, 0.4) is 0 Å². The third-order valence-electron chi connectivity index (χ3n) is 2.92. The SMILES string of the molecule is CCN(CC)C(=O)CNc1cccc(S(N)(=O)=O)c1N. The van der Waals surface area contributed by atoms with Crippen LogP contribution in [-0.2, 0) is 14.8 Å². The van der Waals surface area contributed by atoms with Gasteiger partial charge in [0.05, 0.1) is 17.9 Å². The van der Waals surface area contributed by atoms with Gasteiger partial charge < -0.3 is 16.0 Å². The number of nitrogens with two attached hydrogens (primary N) is 2. The van der Waals surface area contributed by atoms with Crippen molar-refractivity contribution in [1.82, 2.24) is 4.90 Å². The number of nitrogens with zero attached hydrogens (tertiary/aromatic N) is 1. The predicted molar refractivity (Wildman–Crippen MR) is 78.6 cm³/mol. The van der Waals surface area contributed by atoms with Crippen molar-refractivity contribution in [3.8, 4) is 0 Å². The Bertz CT molecular complexity index is 582. The molecule has 0 fully saturated rings. The number of carbonyl (C=O) groups excluding carboxylic acids is 1. The largest absolute Gasteiger partial charge is 0.396 e. The summed E-state index contributed by atoms with van der Waals surface area (Å²) < 4.78 is 22.7. The molecule has 0 saturated carbocycles. The number of nitrogens with one attached hydrogen (secondary N) is 1. The van der Waals surface area contributed by atoms with Crippen LogP contribution in [0.5, 0.6) is 0 Å². The smallest absolute Gasteiger partial charge is 0.241 e. The van der Waals surface area contributed by atoms with Gasteiger partial charge in [0.15, 0.2) is 0 Å². The molecule has 0 atom stereocenters. The monoisotopic (exact) mass is 300 g/mol. The molecule has 0 heterocycles. The Morgan fingerprint density at radius 2 is 1.90 bits per heavy atom. The first-order valence-corrected chi connectivity index (χ1v) is 7.78. The highest BCUT2D eigenvalue weighted by Crippen LogP contribution is 2.25. The van der Waals surface area contributed by atoms with Crippen LogP contribution in [0, 0.1) is 0 Å². The number of amides is 1. The summed E-state index contributed by atoms with van der Waals surface area (Å²) in [7, 11) is -3.88. The molecule has 0 unspecified atom stereocenters. The Morgan fingerprint density at radius 1 is 1.30 bits per heavy atom. The van der Waals surface area contributed by atoms with E-state index >= 15 is 0 Å².